The van der Waals surface area contributed by atoms with Crippen LogP contribution >= 0.6 is 22.9 Å². The van der Waals surface area contributed by atoms with E-state index in [4.69, 9.17) is 25.5 Å². The Morgan fingerprint density at radius 1 is 1.25 bits per heavy atom. The summed E-state index contributed by atoms with van der Waals surface area (Å²) in [4.78, 5) is 22.3. The smallest absolute Gasteiger partial charge is 0.348 e. The van der Waals surface area contributed by atoms with Gasteiger partial charge in [-0.2, -0.15) is 0 Å². The molecule has 0 spiro atoms. The lowest BCUT2D eigenvalue weighted by atomic mass is 10.2. The van der Waals surface area contributed by atoms with E-state index in [1.54, 1.807) is 23.0 Å². The Hall–Kier alpha value is -3.43. The number of benzene rings is 1. The van der Waals surface area contributed by atoms with E-state index in [0.717, 1.165) is 22.3 Å². The molecule has 0 unspecified atom stereocenters. The second-order valence-electron chi connectivity index (χ2n) is 7.14. The Labute approximate surface area is 191 Å². The van der Waals surface area contributed by atoms with Crippen molar-refractivity contribution in [2.24, 2.45) is 0 Å². The van der Waals surface area contributed by atoms with Crippen LogP contribution < -0.4 is 4.74 Å². The Morgan fingerprint density at radius 3 is 2.88 bits per heavy atom. The minimum atomic E-state index is -0.394. The van der Waals surface area contributed by atoms with Crippen LogP contribution in [0.25, 0.3) is 27.4 Å². The molecule has 0 aliphatic carbocycles. The number of esters is 1. The second-order valence-corrected chi connectivity index (χ2v) is 8.58. The van der Waals surface area contributed by atoms with Gasteiger partial charge in [-0.15, -0.1) is 16.4 Å². The Balaban J connectivity index is 1.45. The van der Waals surface area contributed by atoms with Gasteiger partial charge in [-0.05, 0) is 55.3 Å². The molecule has 5 aromatic rings. The van der Waals surface area contributed by atoms with Crippen molar-refractivity contribution in [2.75, 3.05) is 7.11 Å². The van der Waals surface area contributed by atoms with Crippen LogP contribution in [-0.2, 0) is 11.3 Å². The molecule has 0 radical (unpaired) electrons. The number of furan rings is 1. The number of hydrogen-bond donors (Lipinski definition) is 0. The largest absolute Gasteiger partial charge is 0.485 e. The SMILES string of the molecule is COC(=O)c1sc2ncn3nc(-c4ccc(COc5ccc(Cl)cc5C)o4)nc3c2c1C. The van der Waals surface area contributed by atoms with Crippen LogP contribution in [0.1, 0.15) is 26.6 Å². The van der Waals surface area contributed by atoms with Crippen LogP contribution in [0.2, 0.25) is 5.02 Å². The number of carbonyl (C=O) groups is 1. The molecule has 1 aromatic carbocycles. The minimum absolute atomic E-state index is 0.258. The summed E-state index contributed by atoms with van der Waals surface area (Å²) in [6.45, 7) is 4.04. The maximum Gasteiger partial charge on any atom is 0.348 e. The summed E-state index contributed by atoms with van der Waals surface area (Å²) in [5, 5.41) is 5.92. The van der Waals surface area contributed by atoms with Gasteiger partial charge in [0, 0.05) is 5.02 Å². The zero-order valence-electron chi connectivity index (χ0n) is 17.4. The average Bonchev–Trinajstić information content (AvgIpc) is 3.49. The monoisotopic (exact) mass is 468 g/mol. The van der Waals surface area contributed by atoms with Crippen molar-refractivity contribution in [2.45, 2.75) is 20.5 Å². The summed E-state index contributed by atoms with van der Waals surface area (Å²) >= 11 is 7.26. The van der Waals surface area contributed by atoms with Gasteiger partial charge in [-0.1, -0.05) is 11.6 Å². The minimum Gasteiger partial charge on any atom is -0.485 e. The average molecular weight is 469 g/mol. The van der Waals surface area contributed by atoms with Gasteiger partial charge in [0.25, 0.3) is 0 Å². The summed E-state index contributed by atoms with van der Waals surface area (Å²) < 4.78 is 18.2. The number of carbonyl (C=O) groups excluding carboxylic acids is 1. The molecule has 0 saturated heterocycles. The first-order chi connectivity index (χ1) is 15.4. The third-order valence-electron chi connectivity index (χ3n) is 5.03. The Bertz CT molecular complexity index is 1490. The van der Waals surface area contributed by atoms with E-state index >= 15 is 0 Å². The number of nitrogens with zero attached hydrogens (tertiary/aromatic N) is 4. The number of hydrogen-bond acceptors (Lipinski definition) is 8. The number of fused-ring (bicyclic) bond motifs is 3. The lowest BCUT2D eigenvalue weighted by Crippen LogP contribution is -1.99. The third kappa shape index (κ3) is 3.49. The molecular weight excluding hydrogens is 452 g/mol. The van der Waals surface area contributed by atoms with Gasteiger partial charge in [0.2, 0.25) is 5.82 Å². The highest BCUT2D eigenvalue weighted by Gasteiger charge is 2.21. The predicted octanol–water partition coefficient (Wildman–Crippen LogP) is 5.23. The molecule has 0 bridgehead atoms. The molecule has 5 rings (SSSR count). The summed E-state index contributed by atoms with van der Waals surface area (Å²) in [5.74, 6) is 1.90. The lowest BCUT2D eigenvalue weighted by Gasteiger charge is -2.07. The van der Waals surface area contributed by atoms with Gasteiger partial charge in [-0.25, -0.2) is 19.3 Å². The van der Waals surface area contributed by atoms with Crippen LogP contribution in [0, 0.1) is 13.8 Å². The molecule has 4 heterocycles. The molecule has 4 aromatic heterocycles. The molecule has 0 fully saturated rings. The molecule has 162 valence electrons. The zero-order chi connectivity index (χ0) is 22.4. The number of aryl methyl sites for hydroxylation is 2. The summed E-state index contributed by atoms with van der Waals surface area (Å²) in [6, 6.07) is 9.08. The van der Waals surface area contributed by atoms with Crippen LogP contribution in [0.5, 0.6) is 5.75 Å². The number of thiophene rings is 1. The predicted molar refractivity (Wildman–Crippen MR) is 120 cm³/mol. The maximum atomic E-state index is 12.1. The molecule has 0 aliphatic rings. The summed E-state index contributed by atoms with van der Waals surface area (Å²) in [7, 11) is 1.36. The lowest BCUT2D eigenvalue weighted by molar-refractivity contribution is 0.0605. The van der Waals surface area contributed by atoms with Gasteiger partial charge < -0.3 is 13.9 Å². The molecular formula is C22H17ClN4O4S. The molecule has 0 N–H and O–H groups in total. The molecule has 10 heteroatoms. The van der Waals surface area contributed by atoms with Crippen molar-refractivity contribution in [3.8, 4) is 17.3 Å². The van der Waals surface area contributed by atoms with Crippen molar-refractivity contribution < 1.29 is 18.7 Å². The Morgan fingerprint density at radius 2 is 2.09 bits per heavy atom. The molecule has 0 atom stereocenters. The first kappa shape index (κ1) is 20.5. The quantitative estimate of drug-likeness (QED) is 0.326. The molecule has 0 aliphatic heterocycles. The van der Waals surface area contributed by atoms with E-state index in [1.165, 1.54) is 18.4 Å². The highest BCUT2D eigenvalue weighted by atomic mass is 35.5. The number of aromatic nitrogens is 4. The van der Waals surface area contributed by atoms with Gasteiger partial charge in [0.15, 0.2) is 11.4 Å². The van der Waals surface area contributed by atoms with Crippen molar-refractivity contribution in [3.63, 3.8) is 0 Å². The normalized spacial score (nSPS) is 11.4. The number of ether oxygens (including phenoxy) is 2. The van der Waals surface area contributed by atoms with E-state index in [-0.39, 0.29) is 6.61 Å². The van der Waals surface area contributed by atoms with Crippen LogP contribution in [0.15, 0.2) is 41.1 Å². The molecule has 8 nitrogen and oxygen atoms in total. The number of rotatable bonds is 5. The number of halogens is 1. The van der Waals surface area contributed by atoms with Crippen molar-refractivity contribution in [1.82, 2.24) is 19.6 Å². The summed E-state index contributed by atoms with van der Waals surface area (Å²) in [6.07, 6.45) is 1.57. The molecule has 0 amide bonds. The summed E-state index contributed by atoms with van der Waals surface area (Å²) in [5.41, 5.74) is 2.31. The van der Waals surface area contributed by atoms with Crippen LogP contribution in [0.3, 0.4) is 0 Å². The first-order valence-electron chi connectivity index (χ1n) is 9.65. The van der Waals surface area contributed by atoms with Crippen molar-refractivity contribution in [1.29, 1.82) is 0 Å². The zero-order valence-corrected chi connectivity index (χ0v) is 19.0. The van der Waals surface area contributed by atoms with Gasteiger partial charge >= 0.3 is 5.97 Å². The standard InChI is InChI=1S/C22H17ClN4O4S/c1-11-8-13(23)4-6-15(11)30-9-14-5-7-16(31-14)19-25-20-17-12(2)18(22(28)29-3)32-21(17)24-10-27(20)26-19/h4-8,10H,9H2,1-3H3. The van der Waals surface area contributed by atoms with E-state index < -0.39 is 5.97 Å². The van der Waals surface area contributed by atoms with Gasteiger partial charge in [0.05, 0.1) is 12.5 Å². The van der Waals surface area contributed by atoms with Crippen molar-refractivity contribution >= 4 is 44.8 Å². The highest BCUT2D eigenvalue weighted by molar-refractivity contribution is 7.20. The van der Waals surface area contributed by atoms with E-state index in [2.05, 4.69) is 15.1 Å². The van der Waals surface area contributed by atoms with Crippen molar-refractivity contribution in [3.05, 3.63) is 63.4 Å². The van der Waals surface area contributed by atoms with Gasteiger partial charge in [0.1, 0.15) is 34.2 Å². The first-order valence-corrected chi connectivity index (χ1v) is 10.8. The molecule has 0 saturated carbocycles. The Kier molecular flexibility index (Phi) is 5.07. The van der Waals surface area contributed by atoms with E-state index in [0.29, 0.717) is 37.7 Å². The second kappa shape index (κ2) is 7.92. The highest BCUT2D eigenvalue weighted by Crippen LogP contribution is 2.33. The maximum absolute atomic E-state index is 12.1. The fourth-order valence-electron chi connectivity index (χ4n) is 3.42. The fraction of sp³-hybridized carbons (Fsp3) is 0.182. The number of methoxy groups -OCH3 is 1. The van der Waals surface area contributed by atoms with E-state index in [1.807, 2.05) is 32.0 Å². The van der Waals surface area contributed by atoms with Crippen LogP contribution in [-0.4, -0.2) is 32.7 Å². The third-order valence-corrected chi connectivity index (χ3v) is 6.44. The van der Waals surface area contributed by atoms with E-state index in [9.17, 15) is 4.79 Å². The molecule has 32 heavy (non-hydrogen) atoms. The van der Waals surface area contributed by atoms with Crippen LogP contribution in [0.4, 0.5) is 0 Å². The topological polar surface area (TPSA) is 91.8 Å². The van der Waals surface area contributed by atoms with Gasteiger partial charge in [-0.3, -0.25) is 0 Å². The fourth-order valence-corrected chi connectivity index (χ4v) is 4.71.